The molecule has 0 unspecified atom stereocenters. The predicted octanol–water partition coefficient (Wildman–Crippen LogP) is 2.94. The minimum absolute atomic E-state index is 0.209. The van der Waals surface area contributed by atoms with E-state index in [1.807, 2.05) is 12.1 Å². The summed E-state index contributed by atoms with van der Waals surface area (Å²) < 4.78 is 30.7. The number of hydrogen-bond acceptors (Lipinski definition) is 5. The highest BCUT2D eigenvalue weighted by Gasteiger charge is 2.26. The first-order valence-electron chi connectivity index (χ1n) is 7.63. The number of hydroxylamine groups is 2. The highest BCUT2D eigenvalue weighted by atomic mass is 32.2. The number of rotatable bonds is 7. The van der Waals surface area contributed by atoms with E-state index in [0.717, 1.165) is 5.39 Å². The van der Waals surface area contributed by atoms with E-state index in [0.29, 0.717) is 21.8 Å². The van der Waals surface area contributed by atoms with Crippen molar-refractivity contribution in [3.63, 3.8) is 0 Å². The summed E-state index contributed by atoms with van der Waals surface area (Å²) in [6.45, 7) is 0. The summed E-state index contributed by atoms with van der Waals surface area (Å²) in [7, 11) is -3.62. The van der Waals surface area contributed by atoms with E-state index in [1.165, 1.54) is 6.26 Å². The van der Waals surface area contributed by atoms with Crippen LogP contribution in [0.3, 0.4) is 0 Å². The Kier molecular flexibility index (Phi) is 4.87. The third-order valence-electron chi connectivity index (χ3n) is 3.96. The fourth-order valence-electron chi connectivity index (χ4n) is 2.75. The number of para-hydroxylation sites is 1. The van der Waals surface area contributed by atoms with Crippen molar-refractivity contribution < 1.29 is 22.8 Å². The summed E-state index contributed by atoms with van der Waals surface area (Å²) in [6, 6.07) is 14.7. The minimum atomic E-state index is -3.62. The molecule has 7 heteroatoms. The zero-order chi connectivity index (χ0) is 17.9. The van der Waals surface area contributed by atoms with Crippen LogP contribution in [0.1, 0.15) is 17.2 Å². The van der Waals surface area contributed by atoms with Gasteiger partial charge in [0.2, 0.25) is 6.41 Å². The molecule has 0 aliphatic heterocycles. The van der Waals surface area contributed by atoms with Gasteiger partial charge in [0.25, 0.3) is 0 Å². The van der Waals surface area contributed by atoms with E-state index in [9.17, 15) is 18.4 Å². The number of amides is 1. The number of fused-ring (bicyclic) bond motifs is 1. The molecule has 0 aliphatic rings. The van der Waals surface area contributed by atoms with Crippen LogP contribution in [0.2, 0.25) is 0 Å². The van der Waals surface area contributed by atoms with Gasteiger partial charge in [-0.05, 0) is 11.6 Å². The Balaban J connectivity index is 1.87. The average molecular weight is 359 g/mol. The minimum Gasteiger partial charge on any atom is -0.464 e. The lowest BCUT2D eigenvalue weighted by Crippen LogP contribution is -2.30. The molecule has 0 radical (unpaired) electrons. The standard InChI is InChI=1S/C18H17NO5S/c20-13-19(21)17(14-6-2-1-3-7-14)12-25(22,23)11-15-10-24-18-9-5-4-8-16(15)18/h1-10,13,17,21H,11-12H2/t17-/m1/s1. The molecule has 6 nitrogen and oxygen atoms in total. The van der Waals surface area contributed by atoms with Gasteiger partial charge in [-0.25, -0.2) is 13.5 Å². The molecule has 0 bridgehead atoms. The normalized spacial score (nSPS) is 12.8. The summed E-state index contributed by atoms with van der Waals surface area (Å²) in [5.41, 5.74) is 1.71. The Morgan fingerprint density at radius 1 is 1.08 bits per heavy atom. The Bertz CT molecular complexity index is 965. The van der Waals surface area contributed by atoms with Crippen molar-refractivity contribution in [2.45, 2.75) is 11.8 Å². The zero-order valence-corrected chi connectivity index (χ0v) is 14.1. The van der Waals surface area contributed by atoms with E-state index in [-0.39, 0.29) is 12.2 Å². The molecule has 1 aromatic heterocycles. The lowest BCUT2D eigenvalue weighted by Gasteiger charge is -2.22. The van der Waals surface area contributed by atoms with Crippen molar-refractivity contribution in [1.82, 2.24) is 5.06 Å². The maximum Gasteiger partial charge on any atom is 0.233 e. The zero-order valence-electron chi connectivity index (χ0n) is 13.3. The molecule has 2 aromatic carbocycles. The van der Waals surface area contributed by atoms with Crippen molar-refractivity contribution in [3.8, 4) is 0 Å². The second-order valence-corrected chi connectivity index (χ2v) is 7.83. The summed E-state index contributed by atoms with van der Waals surface area (Å²) in [6.07, 6.45) is 1.64. The highest BCUT2D eigenvalue weighted by molar-refractivity contribution is 7.90. The topological polar surface area (TPSA) is 87.8 Å². The van der Waals surface area contributed by atoms with Gasteiger partial charge in [-0.15, -0.1) is 0 Å². The van der Waals surface area contributed by atoms with Gasteiger partial charge in [0.15, 0.2) is 9.84 Å². The second kappa shape index (κ2) is 7.08. The van der Waals surface area contributed by atoms with E-state index < -0.39 is 21.6 Å². The van der Waals surface area contributed by atoms with Crippen LogP contribution in [0.25, 0.3) is 11.0 Å². The van der Waals surface area contributed by atoms with Crippen LogP contribution in [0, 0.1) is 0 Å². The van der Waals surface area contributed by atoms with Crippen LogP contribution in [0.5, 0.6) is 0 Å². The first kappa shape index (κ1) is 17.2. The van der Waals surface area contributed by atoms with Gasteiger partial charge in [-0.2, -0.15) is 0 Å². The number of nitrogens with zero attached hydrogens (tertiary/aromatic N) is 1. The molecule has 1 heterocycles. The SMILES string of the molecule is O=CN(O)[C@H](CS(=O)(=O)Cc1coc2ccccc12)c1ccccc1. The van der Waals surface area contributed by atoms with Gasteiger partial charge in [-0.3, -0.25) is 10.0 Å². The van der Waals surface area contributed by atoms with Crippen molar-refractivity contribution in [2.24, 2.45) is 0 Å². The molecule has 1 atom stereocenters. The second-order valence-electron chi connectivity index (χ2n) is 5.72. The van der Waals surface area contributed by atoms with E-state index in [2.05, 4.69) is 0 Å². The smallest absolute Gasteiger partial charge is 0.233 e. The molecule has 0 fully saturated rings. The molecule has 1 amide bonds. The molecule has 3 rings (SSSR count). The Morgan fingerprint density at radius 2 is 1.76 bits per heavy atom. The van der Waals surface area contributed by atoms with Crippen LogP contribution in [0.4, 0.5) is 0 Å². The van der Waals surface area contributed by atoms with Crippen LogP contribution in [-0.2, 0) is 20.4 Å². The van der Waals surface area contributed by atoms with E-state index >= 15 is 0 Å². The molecule has 130 valence electrons. The van der Waals surface area contributed by atoms with Gasteiger partial charge in [0.1, 0.15) is 5.58 Å². The van der Waals surface area contributed by atoms with Crippen molar-refractivity contribution >= 4 is 27.2 Å². The van der Waals surface area contributed by atoms with Gasteiger partial charge in [0, 0.05) is 10.9 Å². The number of benzene rings is 2. The monoisotopic (exact) mass is 359 g/mol. The summed E-state index contributed by atoms with van der Waals surface area (Å²) in [4.78, 5) is 11.0. The summed E-state index contributed by atoms with van der Waals surface area (Å²) in [5, 5.41) is 10.9. The fraction of sp³-hybridized carbons (Fsp3) is 0.167. The number of sulfone groups is 1. The maximum atomic E-state index is 12.7. The molecule has 0 saturated carbocycles. The molecule has 3 aromatic rings. The van der Waals surface area contributed by atoms with Gasteiger partial charge in [0.05, 0.1) is 23.8 Å². The average Bonchev–Trinajstić information content (AvgIpc) is 3.02. The summed E-state index contributed by atoms with van der Waals surface area (Å²) in [5.74, 6) is -0.633. The first-order chi connectivity index (χ1) is 12.0. The number of hydrogen-bond donors (Lipinski definition) is 1. The molecule has 0 spiro atoms. The van der Waals surface area contributed by atoms with Crippen LogP contribution in [-0.4, -0.2) is 30.9 Å². The number of furan rings is 1. The van der Waals surface area contributed by atoms with Crippen LogP contribution in [0.15, 0.2) is 65.3 Å². The molecular formula is C18H17NO5S. The van der Waals surface area contributed by atoms with Gasteiger partial charge in [-0.1, -0.05) is 48.5 Å². The molecule has 1 N–H and O–H groups in total. The van der Waals surface area contributed by atoms with Crippen molar-refractivity contribution in [3.05, 3.63) is 72.0 Å². The van der Waals surface area contributed by atoms with Crippen molar-refractivity contribution in [1.29, 1.82) is 0 Å². The third-order valence-corrected chi connectivity index (χ3v) is 5.53. The summed E-state index contributed by atoms with van der Waals surface area (Å²) >= 11 is 0. The van der Waals surface area contributed by atoms with Crippen molar-refractivity contribution in [2.75, 3.05) is 5.75 Å². The lowest BCUT2D eigenvalue weighted by molar-refractivity contribution is -0.158. The molecular weight excluding hydrogens is 342 g/mol. The molecule has 0 saturated heterocycles. The Labute approximate surface area is 145 Å². The Hall–Kier alpha value is -2.64. The lowest BCUT2D eigenvalue weighted by atomic mass is 10.1. The van der Waals surface area contributed by atoms with Gasteiger partial charge < -0.3 is 4.42 Å². The molecule has 0 aliphatic carbocycles. The first-order valence-corrected chi connectivity index (χ1v) is 9.45. The van der Waals surface area contributed by atoms with Gasteiger partial charge >= 0.3 is 0 Å². The largest absolute Gasteiger partial charge is 0.464 e. The van der Waals surface area contributed by atoms with Crippen LogP contribution < -0.4 is 0 Å². The number of carbonyl (C=O) groups excluding carboxylic acids is 1. The number of carbonyl (C=O) groups is 1. The van der Waals surface area contributed by atoms with Crippen LogP contribution >= 0.6 is 0 Å². The maximum absolute atomic E-state index is 12.7. The quantitative estimate of drug-likeness (QED) is 0.398. The van der Waals surface area contributed by atoms with E-state index in [1.54, 1.807) is 42.5 Å². The highest BCUT2D eigenvalue weighted by Crippen LogP contribution is 2.26. The molecule has 25 heavy (non-hydrogen) atoms. The van der Waals surface area contributed by atoms with E-state index in [4.69, 9.17) is 4.42 Å². The fourth-order valence-corrected chi connectivity index (χ4v) is 4.40. The third kappa shape index (κ3) is 3.89. The Morgan fingerprint density at radius 3 is 2.48 bits per heavy atom. The predicted molar refractivity (Wildman–Crippen MR) is 92.6 cm³/mol.